The van der Waals surface area contributed by atoms with Crippen LogP contribution in [-0.4, -0.2) is 56.3 Å². The van der Waals surface area contributed by atoms with E-state index < -0.39 is 36.5 Å². The standard InChI is InChI=1S/C23H23FN8O3/c1-25-19-11-18(28-16-6-4-10-31(23(16)34)21-14(24)5-3-9-26-21)30-20-13(12-27-32(19)20)22(33)29-15-7-8-17(15)35-2/h3-6,9-12,15,17,25H,7-8H2,1-2H3,(H,28,30)(H,29,33)/t15-,17-/m1/s1/i2D3. The lowest BCUT2D eigenvalue weighted by Crippen LogP contribution is -2.51. The second-order valence-corrected chi connectivity index (χ2v) is 7.91. The number of fused-ring (bicyclic) bond motifs is 1. The van der Waals surface area contributed by atoms with E-state index in [9.17, 15) is 14.0 Å². The van der Waals surface area contributed by atoms with Crippen LogP contribution >= 0.6 is 0 Å². The number of carbonyl (C=O) groups is 1. The molecule has 0 aliphatic heterocycles. The maximum Gasteiger partial charge on any atom is 0.280 e. The van der Waals surface area contributed by atoms with Crippen molar-refractivity contribution < 1.29 is 18.0 Å². The van der Waals surface area contributed by atoms with Crippen molar-refractivity contribution >= 4 is 28.9 Å². The van der Waals surface area contributed by atoms with Gasteiger partial charge in [-0.25, -0.2) is 14.4 Å². The summed E-state index contributed by atoms with van der Waals surface area (Å²) in [5, 5.41) is 12.9. The van der Waals surface area contributed by atoms with Crippen LogP contribution in [0, 0.1) is 5.82 Å². The minimum absolute atomic E-state index is 0.0982. The second kappa shape index (κ2) is 9.14. The molecule has 5 rings (SSSR count). The second-order valence-electron chi connectivity index (χ2n) is 7.91. The topological polar surface area (TPSA) is 127 Å². The summed E-state index contributed by atoms with van der Waals surface area (Å²) >= 11 is 0. The first kappa shape index (κ1) is 19.0. The van der Waals surface area contributed by atoms with Crippen LogP contribution in [0.25, 0.3) is 11.5 Å². The molecule has 0 bridgehead atoms. The Morgan fingerprint density at radius 2 is 2.20 bits per heavy atom. The lowest BCUT2D eigenvalue weighted by atomic mass is 9.89. The first-order valence-electron chi connectivity index (χ1n) is 12.3. The highest BCUT2D eigenvalue weighted by molar-refractivity contribution is 6.00. The van der Waals surface area contributed by atoms with E-state index in [1.165, 1.54) is 41.3 Å². The summed E-state index contributed by atoms with van der Waals surface area (Å²) in [6, 6.07) is 6.83. The molecule has 3 N–H and O–H groups in total. The van der Waals surface area contributed by atoms with Crippen molar-refractivity contribution in [3.63, 3.8) is 0 Å². The molecule has 4 heterocycles. The Kier molecular flexibility index (Phi) is 4.97. The molecular weight excluding hydrogens is 455 g/mol. The van der Waals surface area contributed by atoms with Gasteiger partial charge in [0.05, 0.1) is 22.5 Å². The van der Waals surface area contributed by atoms with Crippen molar-refractivity contribution in [2.45, 2.75) is 25.0 Å². The van der Waals surface area contributed by atoms with Gasteiger partial charge in [-0.05, 0) is 37.1 Å². The zero-order chi connectivity index (χ0) is 27.0. The first-order chi connectivity index (χ1) is 18.1. The summed E-state index contributed by atoms with van der Waals surface area (Å²) in [4.78, 5) is 34.6. The van der Waals surface area contributed by atoms with Crippen LogP contribution in [0.3, 0.4) is 0 Å². The molecule has 1 aliphatic carbocycles. The van der Waals surface area contributed by atoms with E-state index >= 15 is 0 Å². The van der Waals surface area contributed by atoms with E-state index in [0.717, 1.165) is 4.57 Å². The summed E-state index contributed by atoms with van der Waals surface area (Å²) in [5.74, 6) is -0.609. The number of nitrogens with zero attached hydrogens (tertiary/aromatic N) is 5. The number of amides is 1. The Hall–Kier alpha value is -4.32. The van der Waals surface area contributed by atoms with Crippen molar-refractivity contribution in [1.29, 1.82) is 0 Å². The average Bonchev–Trinajstić information content (AvgIpc) is 3.30. The van der Waals surface area contributed by atoms with Gasteiger partial charge in [0.1, 0.15) is 22.9 Å². The van der Waals surface area contributed by atoms with Crippen molar-refractivity contribution in [2.75, 3.05) is 24.7 Å². The number of ether oxygens (including phenoxy) is 1. The summed E-state index contributed by atoms with van der Waals surface area (Å²) in [7, 11) is -0.898. The molecule has 1 saturated carbocycles. The summed E-state index contributed by atoms with van der Waals surface area (Å²) in [6.45, 7) is 0. The molecule has 0 unspecified atom stereocenters. The number of rotatable bonds is 7. The highest BCUT2D eigenvalue weighted by Crippen LogP contribution is 2.25. The predicted molar refractivity (Wildman–Crippen MR) is 127 cm³/mol. The number of halogens is 1. The van der Waals surface area contributed by atoms with Gasteiger partial charge in [-0.2, -0.15) is 9.61 Å². The lowest BCUT2D eigenvalue weighted by Gasteiger charge is -2.35. The van der Waals surface area contributed by atoms with Gasteiger partial charge in [-0.15, -0.1) is 0 Å². The van der Waals surface area contributed by atoms with E-state index in [0.29, 0.717) is 18.7 Å². The third kappa shape index (κ3) is 4.08. The fourth-order valence-corrected chi connectivity index (χ4v) is 3.84. The van der Waals surface area contributed by atoms with Gasteiger partial charge in [0.2, 0.25) is 0 Å². The van der Waals surface area contributed by atoms with Gasteiger partial charge >= 0.3 is 0 Å². The van der Waals surface area contributed by atoms with Crippen LogP contribution in [0.2, 0.25) is 0 Å². The van der Waals surface area contributed by atoms with Gasteiger partial charge in [-0.3, -0.25) is 14.2 Å². The molecule has 180 valence electrons. The molecule has 1 fully saturated rings. The first-order valence-corrected chi connectivity index (χ1v) is 10.8. The van der Waals surface area contributed by atoms with Gasteiger partial charge in [0.15, 0.2) is 17.3 Å². The number of nitrogens with one attached hydrogen (secondary N) is 3. The molecule has 12 heteroatoms. The molecule has 0 saturated heterocycles. The summed E-state index contributed by atoms with van der Waals surface area (Å²) in [6.07, 6.45) is 4.61. The predicted octanol–water partition coefficient (Wildman–Crippen LogP) is 2.11. The number of carbonyl (C=O) groups excluding carboxylic acids is 1. The monoisotopic (exact) mass is 481 g/mol. The minimum Gasteiger partial charge on any atom is -0.379 e. The summed E-state index contributed by atoms with van der Waals surface area (Å²) < 4.78 is 43.6. The average molecular weight is 482 g/mol. The zero-order valence-corrected chi connectivity index (χ0v) is 18.5. The Morgan fingerprint density at radius 3 is 2.94 bits per heavy atom. The molecule has 1 aliphatic rings. The fourth-order valence-electron chi connectivity index (χ4n) is 3.84. The number of pyridine rings is 2. The van der Waals surface area contributed by atoms with E-state index in [1.807, 2.05) is 0 Å². The van der Waals surface area contributed by atoms with Gasteiger partial charge in [-0.1, -0.05) is 0 Å². The molecule has 35 heavy (non-hydrogen) atoms. The largest absolute Gasteiger partial charge is 0.379 e. The Labute approximate surface area is 203 Å². The normalized spacial score (nSPS) is 18.7. The molecular formula is C23H23FN8O3. The molecule has 4 aromatic rings. The van der Waals surface area contributed by atoms with Crippen LogP contribution in [0.5, 0.6) is 0 Å². The maximum absolute atomic E-state index is 14.3. The number of anilines is 3. The van der Waals surface area contributed by atoms with Crippen LogP contribution in [0.15, 0.2) is 53.7 Å². The zero-order valence-electron chi connectivity index (χ0n) is 21.5. The highest BCUT2D eigenvalue weighted by atomic mass is 19.1. The molecule has 1 amide bonds. The Bertz CT molecular complexity index is 1570. The molecule has 0 radical (unpaired) electrons. The van der Waals surface area contributed by atoms with Crippen molar-refractivity contribution in [3.05, 3.63) is 70.7 Å². The van der Waals surface area contributed by atoms with Crippen molar-refractivity contribution in [3.8, 4) is 5.82 Å². The van der Waals surface area contributed by atoms with E-state index in [2.05, 4.69) is 31.0 Å². The SMILES string of the molecule is [2H]C([2H])([2H])O[C@@H]1CC[C@H]1NC(=O)c1cnn2c(NC)cc(Nc3cccn(-c4ncccc4F)c3=O)nc12. The Morgan fingerprint density at radius 1 is 1.31 bits per heavy atom. The van der Waals surface area contributed by atoms with Crippen LogP contribution < -0.4 is 21.5 Å². The molecule has 2 atom stereocenters. The van der Waals surface area contributed by atoms with Crippen LogP contribution in [0.4, 0.5) is 21.7 Å². The Balaban J connectivity index is 1.44. The third-order valence-electron chi connectivity index (χ3n) is 5.83. The van der Waals surface area contributed by atoms with Crippen LogP contribution in [-0.2, 0) is 4.74 Å². The number of aromatic nitrogens is 5. The number of hydrogen-bond donors (Lipinski definition) is 3. The maximum atomic E-state index is 14.3. The third-order valence-corrected chi connectivity index (χ3v) is 5.83. The molecule has 4 aromatic heterocycles. The molecule has 0 aromatic carbocycles. The van der Waals surface area contributed by atoms with E-state index in [1.54, 1.807) is 19.2 Å². The quantitative estimate of drug-likeness (QED) is 0.366. The lowest BCUT2D eigenvalue weighted by molar-refractivity contribution is 0.00732. The van der Waals surface area contributed by atoms with Crippen molar-refractivity contribution in [1.82, 2.24) is 29.5 Å². The van der Waals surface area contributed by atoms with Gasteiger partial charge < -0.3 is 20.7 Å². The summed E-state index contributed by atoms with van der Waals surface area (Å²) in [5.41, 5.74) is -0.127. The smallest absolute Gasteiger partial charge is 0.280 e. The van der Waals surface area contributed by atoms with Gasteiger partial charge in [0.25, 0.3) is 11.5 Å². The van der Waals surface area contributed by atoms with Gasteiger partial charge in [0, 0.05) is 32.5 Å². The fraction of sp³-hybridized carbons (Fsp3) is 0.261. The minimum atomic E-state index is -2.55. The van der Waals surface area contributed by atoms with E-state index in [-0.39, 0.29) is 28.5 Å². The van der Waals surface area contributed by atoms with Crippen LogP contribution in [0.1, 0.15) is 27.3 Å². The van der Waals surface area contributed by atoms with Crippen molar-refractivity contribution in [2.24, 2.45) is 0 Å². The number of hydrogen-bond acceptors (Lipinski definition) is 8. The molecule has 11 nitrogen and oxygen atoms in total. The highest BCUT2D eigenvalue weighted by Gasteiger charge is 2.33. The van der Waals surface area contributed by atoms with E-state index in [4.69, 9.17) is 8.85 Å². The molecule has 0 spiro atoms. The number of methoxy groups -OCH3 is 1.